The minimum atomic E-state index is -0.802. The van der Waals surface area contributed by atoms with Crippen LogP contribution in [0.1, 0.15) is 26.3 Å². The van der Waals surface area contributed by atoms with Gasteiger partial charge >= 0.3 is 0 Å². The van der Waals surface area contributed by atoms with Gasteiger partial charge in [0.05, 0.1) is 5.60 Å². The zero-order valence-corrected chi connectivity index (χ0v) is 11.6. The van der Waals surface area contributed by atoms with Gasteiger partial charge in [0.2, 0.25) is 0 Å². The molecule has 0 saturated heterocycles. The minimum Gasteiger partial charge on any atom is -0.386 e. The lowest BCUT2D eigenvalue weighted by molar-refractivity contribution is 0.0787. The number of hydrogen-bond donors (Lipinski definition) is 1. The average molecular weight is 253 g/mol. The standard InChI is InChI=1S/C17H19NO/c1-4-18-15-8-6-5-7-13(15)14-10-9-12(11-16(14)18)17(2,3)19/h5-11,19H,4H2,1-3H3. The quantitative estimate of drug-likeness (QED) is 0.732. The molecule has 0 fully saturated rings. The summed E-state index contributed by atoms with van der Waals surface area (Å²) >= 11 is 0. The largest absolute Gasteiger partial charge is 0.386 e. The fourth-order valence-corrected chi connectivity index (χ4v) is 2.77. The fourth-order valence-electron chi connectivity index (χ4n) is 2.77. The van der Waals surface area contributed by atoms with E-state index in [9.17, 15) is 5.11 Å². The van der Waals surface area contributed by atoms with Gasteiger partial charge in [-0.2, -0.15) is 0 Å². The molecular formula is C17H19NO. The van der Waals surface area contributed by atoms with E-state index in [1.54, 1.807) is 0 Å². The molecule has 3 rings (SSSR count). The maximum atomic E-state index is 10.2. The van der Waals surface area contributed by atoms with Gasteiger partial charge in [-0.3, -0.25) is 0 Å². The number of benzene rings is 2. The van der Waals surface area contributed by atoms with Gasteiger partial charge in [0.25, 0.3) is 0 Å². The van der Waals surface area contributed by atoms with Crippen LogP contribution < -0.4 is 0 Å². The van der Waals surface area contributed by atoms with Gasteiger partial charge < -0.3 is 9.67 Å². The third-order valence-electron chi connectivity index (χ3n) is 3.80. The molecule has 3 aromatic rings. The molecule has 2 nitrogen and oxygen atoms in total. The molecule has 1 heterocycles. The van der Waals surface area contributed by atoms with Crippen molar-refractivity contribution in [3.63, 3.8) is 0 Å². The number of aryl methyl sites for hydroxylation is 1. The van der Waals surface area contributed by atoms with Crippen LogP contribution in [0.4, 0.5) is 0 Å². The summed E-state index contributed by atoms with van der Waals surface area (Å²) < 4.78 is 2.31. The number of aromatic nitrogens is 1. The van der Waals surface area contributed by atoms with Crippen molar-refractivity contribution in [2.45, 2.75) is 32.9 Å². The van der Waals surface area contributed by atoms with Crippen LogP contribution in [0.15, 0.2) is 42.5 Å². The van der Waals surface area contributed by atoms with E-state index in [-0.39, 0.29) is 0 Å². The van der Waals surface area contributed by atoms with Crippen molar-refractivity contribution in [1.29, 1.82) is 0 Å². The maximum absolute atomic E-state index is 10.2. The highest BCUT2D eigenvalue weighted by Crippen LogP contribution is 2.32. The molecule has 98 valence electrons. The summed E-state index contributed by atoms with van der Waals surface area (Å²) in [5, 5.41) is 12.7. The summed E-state index contributed by atoms with van der Waals surface area (Å²) in [5.41, 5.74) is 2.61. The first-order chi connectivity index (χ1) is 9.02. The van der Waals surface area contributed by atoms with Crippen LogP contribution in [0.2, 0.25) is 0 Å². The van der Waals surface area contributed by atoms with E-state index in [0.717, 1.165) is 12.1 Å². The third-order valence-corrected chi connectivity index (χ3v) is 3.80. The molecule has 2 aromatic carbocycles. The molecule has 1 aromatic heterocycles. The lowest BCUT2D eigenvalue weighted by atomic mass is 9.97. The first kappa shape index (κ1) is 12.2. The van der Waals surface area contributed by atoms with Crippen molar-refractivity contribution in [3.05, 3.63) is 48.0 Å². The van der Waals surface area contributed by atoms with E-state index in [4.69, 9.17) is 0 Å². The molecule has 0 unspecified atom stereocenters. The Kier molecular flexibility index (Phi) is 2.64. The van der Waals surface area contributed by atoms with Crippen molar-refractivity contribution >= 4 is 21.8 Å². The second-order valence-electron chi connectivity index (χ2n) is 5.55. The molecular weight excluding hydrogens is 234 g/mol. The molecule has 0 aliphatic carbocycles. The predicted molar refractivity (Wildman–Crippen MR) is 80.4 cm³/mol. The van der Waals surface area contributed by atoms with Crippen LogP contribution in [0, 0.1) is 0 Å². The number of nitrogens with zero attached hydrogens (tertiary/aromatic N) is 1. The SMILES string of the molecule is CCn1c2ccccc2c2ccc(C(C)(C)O)cc21. The monoisotopic (exact) mass is 253 g/mol. The van der Waals surface area contributed by atoms with Crippen molar-refractivity contribution in [1.82, 2.24) is 4.57 Å². The van der Waals surface area contributed by atoms with Gasteiger partial charge in [0.1, 0.15) is 0 Å². The molecule has 0 aliphatic heterocycles. The summed E-state index contributed by atoms with van der Waals surface area (Å²) in [4.78, 5) is 0. The van der Waals surface area contributed by atoms with Gasteiger partial charge in [-0.25, -0.2) is 0 Å². The van der Waals surface area contributed by atoms with Crippen LogP contribution in [-0.4, -0.2) is 9.67 Å². The zero-order chi connectivity index (χ0) is 13.6. The minimum absolute atomic E-state index is 0.802. The zero-order valence-electron chi connectivity index (χ0n) is 11.6. The van der Waals surface area contributed by atoms with Crippen molar-refractivity contribution in [3.8, 4) is 0 Å². The van der Waals surface area contributed by atoms with E-state index >= 15 is 0 Å². The highest BCUT2D eigenvalue weighted by molar-refractivity contribution is 6.08. The summed E-state index contributed by atoms with van der Waals surface area (Å²) in [6.07, 6.45) is 0. The molecule has 0 spiro atoms. The second-order valence-corrected chi connectivity index (χ2v) is 5.55. The Hall–Kier alpha value is -1.80. The molecule has 0 atom stereocenters. The number of rotatable bonds is 2. The van der Waals surface area contributed by atoms with Gasteiger partial charge in [-0.15, -0.1) is 0 Å². The number of para-hydroxylation sites is 1. The van der Waals surface area contributed by atoms with Crippen LogP contribution in [0.25, 0.3) is 21.8 Å². The highest BCUT2D eigenvalue weighted by atomic mass is 16.3. The van der Waals surface area contributed by atoms with E-state index < -0.39 is 5.60 Å². The Morgan fingerprint density at radius 2 is 1.68 bits per heavy atom. The van der Waals surface area contributed by atoms with E-state index in [1.165, 1.54) is 21.8 Å². The molecule has 1 N–H and O–H groups in total. The van der Waals surface area contributed by atoms with Crippen LogP contribution in [0.5, 0.6) is 0 Å². The predicted octanol–water partition coefficient (Wildman–Crippen LogP) is 4.04. The molecule has 0 amide bonds. The van der Waals surface area contributed by atoms with Gasteiger partial charge in [-0.1, -0.05) is 30.3 Å². The number of hydrogen-bond acceptors (Lipinski definition) is 1. The van der Waals surface area contributed by atoms with Crippen molar-refractivity contribution in [2.24, 2.45) is 0 Å². The van der Waals surface area contributed by atoms with Gasteiger partial charge in [-0.05, 0) is 38.5 Å². The van der Waals surface area contributed by atoms with Crippen LogP contribution in [0.3, 0.4) is 0 Å². The van der Waals surface area contributed by atoms with Crippen molar-refractivity contribution < 1.29 is 5.11 Å². The summed E-state index contributed by atoms with van der Waals surface area (Å²) in [7, 11) is 0. The Morgan fingerprint density at radius 1 is 1.00 bits per heavy atom. The third kappa shape index (κ3) is 1.83. The maximum Gasteiger partial charge on any atom is 0.0841 e. The normalized spacial score (nSPS) is 12.4. The summed E-state index contributed by atoms with van der Waals surface area (Å²) in [6, 6.07) is 14.7. The fraction of sp³-hybridized carbons (Fsp3) is 0.294. The van der Waals surface area contributed by atoms with E-state index in [2.05, 4.69) is 47.9 Å². The van der Waals surface area contributed by atoms with Gasteiger partial charge in [0.15, 0.2) is 0 Å². The average Bonchev–Trinajstić information content (AvgIpc) is 2.70. The Balaban J connectivity index is 2.43. The summed E-state index contributed by atoms with van der Waals surface area (Å²) in [6.45, 7) is 6.74. The molecule has 19 heavy (non-hydrogen) atoms. The number of fused-ring (bicyclic) bond motifs is 3. The molecule has 2 heteroatoms. The lowest BCUT2D eigenvalue weighted by Gasteiger charge is -2.18. The topological polar surface area (TPSA) is 25.2 Å². The molecule has 0 saturated carbocycles. The van der Waals surface area contributed by atoms with Crippen LogP contribution >= 0.6 is 0 Å². The Morgan fingerprint density at radius 3 is 2.37 bits per heavy atom. The second kappa shape index (κ2) is 4.10. The first-order valence-electron chi connectivity index (χ1n) is 6.76. The summed E-state index contributed by atoms with van der Waals surface area (Å²) in [5.74, 6) is 0. The van der Waals surface area contributed by atoms with Crippen LogP contribution in [-0.2, 0) is 12.1 Å². The molecule has 0 bridgehead atoms. The first-order valence-corrected chi connectivity index (χ1v) is 6.76. The Bertz CT molecular complexity index is 747. The van der Waals surface area contributed by atoms with E-state index in [0.29, 0.717) is 0 Å². The molecule has 0 radical (unpaired) electrons. The van der Waals surface area contributed by atoms with E-state index in [1.807, 2.05) is 19.9 Å². The lowest BCUT2D eigenvalue weighted by Crippen LogP contribution is -2.15. The number of aliphatic hydroxyl groups is 1. The smallest absolute Gasteiger partial charge is 0.0841 e. The highest BCUT2D eigenvalue weighted by Gasteiger charge is 2.18. The molecule has 0 aliphatic rings. The Labute approximate surface area is 113 Å². The van der Waals surface area contributed by atoms with Crippen molar-refractivity contribution in [2.75, 3.05) is 0 Å². The van der Waals surface area contributed by atoms with Gasteiger partial charge in [0, 0.05) is 28.4 Å².